The van der Waals surface area contributed by atoms with Gasteiger partial charge in [0.15, 0.2) is 5.96 Å². The number of carbonyl (C=O) groups excluding carboxylic acids is 1. The van der Waals surface area contributed by atoms with Gasteiger partial charge in [-0.3, -0.25) is 4.79 Å². The van der Waals surface area contributed by atoms with Gasteiger partial charge in [-0.05, 0) is 25.0 Å². The number of likely N-dealkylation sites (tertiary alicyclic amines) is 1. The fourth-order valence-corrected chi connectivity index (χ4v) is 2.10. The molecule has 1 saturated heterocycles. The van der Waals surface area contributed by atoms with Crippen molar-refractivity contribution in [2.24, 2.45) is 22.4 Å². The SMILES string of the molecule is NC(=O)C1CCN(C(N)=Nc2ccccc2)CC1. The Bertz CT molecular complexity index is 436. The van der Waals surface area contributed by atoms with Gasteiger partial charge in [0.25, 0.3) is 0 Å². The number of hydrogen-bond acceptors (Lipinski definition) is 2. The van der Waals surface area contributed by atoms with Crippen LogP contribution in [0.15, 0.2) is 35.3 Å². The molecule has 0 bridgehead atoms. The lowest BCUT2D eigenvalue weighted by Crippen LogP contribution is -2.44. The predicted molar refractivity (Wildman–Crippen MR) is 71.2 cm³/mol. The van der Waals surface area contributed by atoms with Gasteiger partial charge in [-0.25, -0.2) is 4.99 Å². The largest absolute Gasteiger partial charge is 0.369 e. The van der Waals surface area contributed by atoms with Gasteiger partial charge in [0.05, 0.1) is 5.69 Å². The van der Waals surface area contributed by atoms with Crippen LogP contribution in [-0.4, -0.2) is 29.9 Å². The minimum atomic E-state index is -0.215. The predicted octanol–water partition coefficient (Wildman–Crippen LogP) is 0.830. The van der Waals surface area contributed by atoms with Gasteiger partial charge < -0.3 is 16.4 Å². The van der Waals surface area contributed by atoms with E-state index < -0.39 is 0 Å². The van der Waals surface area contributed by atoms with Crippen LogP contribution in [0.3, 0.4) is 0 Å². The van der Waals surface area contributed by atoms with Crippen molar-refractivity contribution in [2.75, 3.05) is 13.1 Å². The highest BCUT2D eigenvalue weighted by Crippen LogP contribution is 2.17. The minimum absolute atomic E-state index is 0.0224. The molecule has 0 spiro atoms. The number of nitrogens with zero attached hydrogens (tertiary/aromatic N) is 2. The van der Waals surface area contributed by atoms with Crippen LogP contribution >= 0.6 is 0 Å². The molecule has 0 radical (unpaired) electrons. The number of carbonyl (C=O) groups is 1. The topological polar surface area (TPSA) is 84.7 Å². The van der Waals surface area contributed by atoms with Crippen LogP contribution in [0.25, 0.3) is 0 Å². The maximum atomic E-state index is 11.1. The van der Waals surface area contributed by atoms with E-state index in [1.807, 2.05) is 35.2 Å². The van der Waals surface area contributed by atoms with Gasteiger partial charge in [-0.15, -0.1) is 0 Å². The van der Waals surface area contributed by atoms with E-state index in [0.29, 0.717) is 5.96 Å². The number of piperidine rings is 1. The number of amides is 1. The molecule has 5 nitrogen and oxygen atoms in total. The van der Waals surface area contributed by atoms with Gasteiger partial charge in [-0.1, -0.05) is 18.2 Å². The molecule has 1 fully saturated rings. The van der Waals surface area contributed by atoms with Crippen LogP contribution in [0.1, 0.15) is 12.8 Å². The molecule has 1 heterocycles. The molecule has 18 heavy (non-hydrogen) atoms. The van der Waals surface area contributed by atoms with Crippen molar-refractivity contribution in [1.82, 2.24) is 4.90 Å². The summed E-state index contributed by atoms with van der Waals surface area (Å²) in [7, 11) is 0. The Hall–Kier alpha value is -2.04. The first-order valence-corrected chi connectivity index (χ1v) is 6.10. The highest BCUT2D eigenvalue weighted by Gasteiger charge is 2.23. The molecule has 1 amide bonds. The first-order chi connectivity index (χ1) is 8.66. The molecular formula is C13H18N4O. The van der Waals surface area contributed by atoms with Crippen molar-refractivity contribution < 1.29 is 4.79 Å². The molecule has 4 N–H and O–H groups in total. The fraction of sp³-hybridized carbons (Fsp3) is 0.385. The lowest BCUT2D eigenvalue weighted by atomic mass is 9.96. The second-order valence-corrected chi connectivity index (χ2v) is 4.47. The van der Waals surface area contributed by atoms with Crippen LogP contribution < -0.4 is 11.5 Å². The molecular weight excluding hydrogens is 228 g/mol. The molecule has 0 atom stereocenters. The van der Waals surface area contributed by atoms with E-state index in [-0.39, 0.29) is 11.8 Å². The summed E-state index contributed by atoms with van der Waals surface area (Å²) < 4.78 is 0. The van der Waals surface area contributed by atoms with E-state index in [2.05, 4.69) is 4.99 Å². The monoisotopic (exact) mass is 246 g/mol. The minimum Gasteiger partial charge on any atom is -0.369 e. The van der Waals surface area contributed by atoms with Gasteiger partial charge in [0.1, 0.15) is 0 Å². The summed E-state index contributed by atoms with van der Waals surface area (Å²) in [6.07, 6.45) is 1.50. The number of rotatable bonds is 2. The Kier molecular flexibility index (Phi) is 3.82. The summed E-state index contributed by atoms with van der Waals surface area (Å²) in [6.45, 7) is 1.46. The fourth-order valence-electron chi connectivity index (χ4n) is 2.10. The van der Waals surface area contributed by atoms with E-state index in [9.17, 15) is 4.79 Å². The zero-order valence-electron chi connectivity index (χ0n) is 10.2. The first-order valence-electron chi connectivity index (χ1n) is 6.10. The molecule has 2 rings (SSSR count). The van der Waals surface area contributed by atoms with Crippen LogP contribution in [-0.2, 0) is 4.79 Å². The Labute approximate surface area is 106 Å². The Morgan fingerprint density at radius 1 is 1.17 bits per heavy atom. The number of benzene rings is 1. The van der Waals surface area contributed by atoms with Crippen LogP contribution in [0.4, 0.5) is 5.69 Å². The van der Waals surface area contributed by atoms with E-state index in [1.54, 1.807) is 0 Å². The van der Waals surface area contributed by atoms with Gasteiger partial charge in [-0.2, -0.15) is 0 Å². The zero-order valence-corrected chi connectivity index (χ0v) is 10.2. The highest BCUT2D eigenvalue weighted by molar-refractivity contribution is 5.82. The van der Waals surface area contributed by atoms with Crippen LogP contribution in [0, 0.1) is 5.92 Å². The number of primary amides is 1. The second-order valence-electron chi connectivity index (χ2n) is 4.47. The number of nitrogens with two attached hydrogens (primary N) is 2. The van der Waals surface area contributed by atoms with Crippen molar-refractivity contribution >= 4 is 17.6 Å². The van der Waals surface area contributed by atoms with Gasteiger partial charge >= 0.3 is 0 Å². The average molecular weight is 246 g/mol. The number of aliphatic imine (C=N–C) groups is 1. The van der Waals surface area contributed by atoms with Crippen LogP contribution in [0.2, 0.25) is 0 Å². The number of guanidine groups is 1. The second kappa shape index (κ2) is 5.53. The van der Waals surface area contributed by atoms with Crippen molar-refractivity contribution in [3.8, 4) is 0 Å². The molecule has 0 unspecified atom stereocenters. The van der Waals surface area contributed by atoms with E-state index in [4.69, 9.17) is 11.5 Å². The van der Waals surface area contributed by atoms with E-state index >= 15 is 0 Å². The molecule has 0 aromatic heterocycles. The van der Waals surface area contributed by atoms with Gasteiger partial charge in [0, 0.05) is 19.0 Å². The Balaban J connectivity index is 1.97. The van der Waals surface area contributed by atoms with Crippen molar-refractivity contribution in [1.29, 1.82) is 0 Å². The summed E-state index contributed by atoms with van der Waals surface area (Å²) in [5.41, 5.74) is 12.1. The maximum absolute atomic E-state index is 11.1. The van der Waals surface area contributed by atoms with Crippen molar-refractivity contribution in [3.05, 3.63) is 30.3 Å². The number of para-hydroxylation sites is 1. The summed E-state index contributed by atoms with van der Waals surface area (Å²) in [6, 6.07) is 9.59. The van der Waals surface area contributed by atoms with E-state index in [1.165, 1.54) is 0 Å². The summed E-state index contributed by atoms with van der Waals surface area (Å²) in [5, 5.41) is 0. The molecule has 5 heteroatoms. The molecule has 96 valence electrons. The number of hydrogen-bond donors (Lipinski definition) is 2. The van der Waals surface area contributed by atoms with E-state index in [0.717, 1.165) is 31.6 Å². The molecule has 0 aliphatic carbocycles. The average Bonchev–Trinajstić information content (AvgIpc) is 2.40. The zero-order chi connectivity index (χ0) is 13.0. The first kappa shape index (κ1) is 12.4. The van der Waals surface area contributed by atoms with Crippen molar-refractivity contribution in [3.63, 3.8) is 0 Å². The molecule has 1 aromatic carbocycles. The molecule has 1 aliphatic rings. The third-order valence-electron chi connectivity index (χ3n) is 3.22. The third kappa shape index (κ3) is 3.00. The van der Waals surface area contributed by atoms with Crippen molar-refractivity contribution in [2.45, 2.75) is 12.8 Å². The standard InChI is InChI=1S/C13H18N4O/c14-12(18)10-6-8-17(9-7-10)13(15)16-11-4-2-1-3-5-11/h1-5,10H,6-9H2,(H2,14,18)(H2,15,16). The molecule has 1 aliphatic heterocycles. The summed E-state index contributed by atoms with van der Waals surface area (Å²) in [5.74, 6) is 0.267. The molecule has 1 aromatic rings. The maximum Gasteiger partial charge on any atom is 0.220 e. The third-order valence-corrected chi connectivity index (χ3v) is 3.22. The highest BCUT2D eigenvalue weighted by atomic mass is 16.1. The summed E-state index contributed by atoms with van der Waals surface area (Å²) >= 11 is 0. The quantitative estimate of drug-likeness (QED) is 0.598. The molecule has 0 saturated carbocycles. The smallest absolute Gasteiger partial charge is 0.220 e. The lowest BCUT2D eigenvalue weighted by molar-refractivity contribution is -0.122. The Morgan fingerprint density at radius 2 is 1.78 bits per heavy atom. The normalized spacial score (nSPS) is 17.8. The van der Waals surface area contributed by atoms with Crippen LogP contribution in [0.5, 0.6) is 0 Å². The van der Waals surface area contributed by atoms with Gasteiger partial charge in [0.2, 0.25) is 5.91 Å². The summed E-state index contributed by atoms with van der Waals surface area (Å²) in [4.78, 5) is 17.4. The Morgan fingerprint density at radius 3 is 2.33 bits per heavy atom. The lowest BCUT2D eigenvalue weighted by Gasteiger charge is -2.31.